The number of hydrogen-bond donors (Lipinski definition) is 2. The number of aromatic nitrogens is 4. The summed E-state index contributed by atoms with van der Waals surface area (Å²) in [6.45, 7) is 5.82. The van der Waals surface area contributed by atoms with E-state index in [9.17, 15) is 13.8 Å². The Kier molecular flexibility index (Phi) is 17.3. The van der Waals surface area contributed by atoms with Crippen LogP contribution >= 0.6 is 7.75 Å². The molecule has 0 radical (unpaired) electrons. The highest BCUT2D eigenvalue weighted by molar-refractivity contribution is 7.52. The van der Waals surface area contributed by atoms with Crippen LogP contribution in [0.4, 0.5) is 10.2 Å². The predicted octanol–water partition coefficient (Wildman–Crippen LogP) is 9.60. The van der Waals surface area contributed by atoms with Crippen molar-refractivity contribution in [1.29, 1.82) is 0 Å². The number of carbonyl (C=O) groups excluding carboxylic acids is 1. The van der Waals surface area contributed by atoms with Crippen molar-refractivity contribution in [2.45, 2.75) is 154 Å². The van der Waals surface area contributed by atoms with Crippen molar-refractivity contribution >= 4 is 30.7 Å². The first-order chi connectivity index (χ1) is 25.1. The van der Waals surface area contributed by atoms with E-state index in [1.54, 1.807) is 35.8 Å². The molecule has 0 spiro atoms. The smallest absolute Gasteiger partial charge is 0.459 e. The lowest BCUT2D eigenvalue weighted by Crippen LogP contribution is -2.37. The Hall–Kier alpha value is -3.12. The first-order valence-corrected chi connectivity index (χ1v) is 20.9. The van der Waals surface area contributed by atoms with Crippen molar-refractivity contribution < 1.29 is 32.3 Å². The molecule has 0 aliphatic carbocycles. The van der Waals surface area contributed by atoms with Gasteiger partial charge in [-0.1, -0.05) is 121 Å². The average Bonchev–Trinajstić information content (AvgIpc) is 3.73. The zero-order valence-corrected chi connectivity index (χ0v) is 32.3. The van der Waals surface area contributed by atoms with Gasteiger partial charge in [0.1, 0.15) is 18.0 Å². The Morgan fingerprint density at radius 2 is 1.60 bits per heavy atom. The predicted molar refractivity (Wildman–Crippen MR) is 201 cm³/mol. The average molecular weight is 747 g/mol. The van der Waals surface area contributed by atoms with Gasteiger partial charge in [0, 0.05) is 0 Å². The number of imidazole rings is 1. The third-order valence-electron chi connectivity index (χ3n) is 9.53. The molecule has 1 saturated heterocycles. The number of nitrogens with two attached hydrogens (primary N) is 1. The number of nitrogen functional groups attached to an aromatic ring is 1. The van der Waals surface area contributed by atoms with Crippen molar-refractivity contribution in [2.24, 2.45) is 0 Å². The standard InChI is InChI=1S/C38H60FN6O6P/c1-4-5-6-7-8-9-10-11-12-13-14-15-16-17-18-22-27-48-36(46)30(2)44-52(47,51-31-23-20-19-21-24-31)49-28-38(3)26-25-32(50-38)45-29-41-33-34(40)42-37(39)43-35(33)45/h19-21,23-24,29-30,32H,4-18,22,25-28H2,1-3H3,(H,44,47)(H2,40,42,43)/t30-,32+,38-,52?/m0/s1. The van der Waals surface area contributed by atoms with Gasteiger partial charge < -0.3 is 19.7 Å². The van der Waals surface area contributed by atoms with Crippen LogP contribution in [0.1, 0.15) is 143 Å². The Morgan fingerprint density at radius 3 is 2.21 bits per heavy atom. The Balaban J connectivity index is 1.16. The maximum absolute atomic E-state index is 14.1. The minimum atomic E-state index is -4.09. The summed E-state index contributed by atoms with van der Waals surface area (Å²) in [5, 5.41) is 2.76. The number of esters is 1. The summed E-state index contributed by atoms with van der Waals surface area (Å²) >= 11 is 0. The van der Waals surface area contributed by atoms with Gasteiger partial charge in [-0.3, -0.25) is 13.9 Å². The van der Waals surface area contributed by atoms with E-state index in [0.717, 1.165) is 19.3 Å². The van der Waals surface area contributed by atoms with Gasteiger partial charge >= 0.3 is 19.8 Å². The number of rotatable bonds is 26. The van der Waals surface area contributed by atoms with Gasteiger partial charge in [0.25, 0.3) is 0 Å². The van der Waals surface area contributed by atoms with Crippen molar-refractivity contribution in [1.82, 2.24) is 24.6 Å². The van der Waals surface area contributed by atoms with Crippen LogP contribution in [0.2, 0.25) is 0 Å². The Bertz CT molecular complexity index is 1550. The highest BCUT2D eigenvalue weighted by Gasteiger charge is 2.42. The molecular formula is C38H60FN6O6P. The summed E-state index contributed by atoms with van der Waals surface area (Å²) in [5.74, 6) is -0.287. The van der Waals surface area contributed by atoms with Gasteiger partial charge in [0.2, 0.25) is 0 Å². The lowest BCUT2D eigenvalue weighted by atomic mass is 10.0. The molecular weight excluding hydrogens is 686 g/mol. The molecule has 3 heterocycles. The van der Waals surface area contributed by atoms with Crippen LogP contribution in [0.5, 0.6) is 5.75 Å². The summed E-state index contributed by atoms with van der Waals surface area (Å²) in [6, 6.07) is 7.64. The van der Waals surface area contributed by atoms with E-state index in [2.05, 4.69) is 27.0 Å². The first kappa shape index (κ1) is 41.6. The van der Waals surface area contributed by atoms with Gasteiger partial charge in [-0.25, -0.2) is 9.55 Å². The molecule has 14 heteroatoms. The molecule has 1 fully saturated rings. The number of unbranched alkanes of at least 4 members (excludes halogenated alkanes) is 15. The second-order valence-electron chi connectivity index (χ2n) is 14.3. The summed E-state index contributed by atoms with van der Waals surface area (Å²) < 4.78 is 53.2. The SMILES string of the molecule is CCCCCCCCCCCCCCCCCCOC(=O)[C@H](C)NP(=O)(OC[C@]1(C)CC[C@H](n2cnc3c(N)nc(F)nc32)O1)Oc1ccccc1. The maximum Gasteiger partial charge on any atom is 0.459 e. The summed E-state index contributed by atoms with van der Waals surface area (Å²) in [6.07, 6.45) is 21.3. The van der Waals surface area contributed by atoms with Crippen molar-refractivity contribution in [3.63, 3.8) is 0 Å². The van der Waals surface area contributed by atoms with E-state index in [-0.39, 0.29) is 23.6 Å². The number of halogens is 1. The number of fused-ring (bicyclic) bond motifs is 1. The summed E-state index contributed by atoms with van der Waals surface area (Å²) in [7, 11) is -4.09. The van der Waals surface area contributed by atoms with Gasteiger partial charge in [-0.15, -0.1) is 0 Å². The first-order valence-electron chi connectivity index (χ1n) is 19.4. The molecule has 3 aromatic rings. The normalized spacial score (nSPS) is 19.1. The number of anilines is 1. The second-order valence-corrected chi connectivity index (χ2v) is 16.0. The highest BCUT2D eigenvalue weighted by Crippen LogP contribution is 2.48. The largest absolute Gasteiger partial charge is 0.465 e. The lowest BCUT2D eigenvalue weighted by molar-refractivity contribution is -0.145. The van der Waals surface area contributed by atoms with Gasteiger partial charge in [-0.05, 0) is 45.2 Å². The quantitative estimate of drug-likeness (QED) is 0.0349. The fourth-order valence-corrected chi connectivity index (χ4v) is 8.07. The van der Waals surface area contributed by atoms with Crippen LogP contribution in [0.3, 0.4) is 0 Å². The molecule has 52 heavy (non-hydrogen) atoms. The summed E-state index contributed by atoms with van der Waals surface area (Å²) in [5.41, 5.74) is 5.41. The fraction of sp³-hybridized carbons (Fsp3) is 0.684. The number of ether oxygens (including phenoxy) is 2. The Morgan fingerprint density at radius 1 is 1.00 bits per heavy atom. The number of para-hydroxylation sites is 1. The molecule has 4 rings (SSSR count). The molecule has 3 N–H and O–H groups in total. The van der Waals surface area contributed by atoms with E-state index in [1.807, 2.05) is 13.0 Å². The molecule has 0 bridgehead atoms. The fourth-order valence-electron chi connectivity index (χ4n) is 6.47. The van der Waals surface area contributed by atoms with Crippen LogP contribution < -0.4 is 15.3 Å². The maximum atomic E-state index is 14.1. The van der Waals surface area contributed by atoms with E-state index in [1.165, 1.54) is 89.8 Å². The number of benzene rings is 1. The van der Waals surface area contributed by atoms with Gasteiger partial charge in [-0.2, -0.15) is 19.4 Å². The van der Waals surface area contributed by atoms with Crippen molar-refractivity contribution in [3.8, 4) is 5.75 Å². The van der Waals surface area contributed by atoms with Crippen LogP contribution in [0, 0.1) is 6.08 Å². The molecule has 0 saturated carbocycles. The molecule has 1 aromatic carbocycles. The molecule has 1 aliphatic rings. The number of hydrogen-bond acceptors (Lipinski definition) is 10. The van der Waals surface area contributed by atoms with Crippen LogP contribution in [-0.4, -0.2) is 50.3 Å². The summed E-state index contributed by atoms with van der Waals surface area (Å²) in [4.78, 5) is 24.5. The lowest BCUT2D eigenvalue weighted by Gasteiger charge is -2.28. The second kappa shape index (κ2) is 21.5. The van der Waals surface area contributed by atoms with Crippen LogP contribution in [-0.2, 0) is 23.4 Å². The van der Waals surface area contributed by atoms with E-state index in [4.69, 9.17) is 24.3 Å². The topological polar surface area (TPSA) is 153 Å². The molecule has 12 nitrogen and oxygen atoms in total. The molecule has 2 aromatic heterocycles. The third-order valence-corrected chi connectivity index (χ3v) is 11.2. The monoisotopic (exact) mass is 746 g/mol. The van der Waals surface area contributed by atoms with Gasteiger partial charge in [0.15, 0.2) is 17.0 Å². The van der Waals surface area contributed by atoms with E-state index < -0.39 is 37.7 Å². The van der Waals surface area contributed by atoms with Crippen LogP contribution in [0.15, 0.2) is 36.7 Å². The van der Waals surface area contributed by atoms with Crippen LogP contribution in [0.25, 0.3) is 11.2 Å². The van der Waals surface area contributed by atoms with E-state index in [0.29, 0.717) is 25.2 Å². The van der Waals surface area contributed by atoms with E-state index >= 15 is 0 Å². The molecule has 1 unspecified atom stereocenters. The molecule has 290 valence electrons. The highest BCUT2D eigenvalue weighted by atomic mass is 31.2. The minimum absolute atomic E-state index is 0.0620. The van der Waals surface area contributed by atoms with Crippen molar-refractivity contribution in [2.75, 3.05) is 18.9 Å². The number of carbonyl (C=O) groups is 1. The molecule has 4 atom stereocenters. The molecule has 0 amide bonds. The minimum Gasteiger partial charge on any atom is -0.465 e. The van der Waals surface area contributed by atoms with Crippen molar-refractivity contribution in [3.05, 3.63) is 42.7 Å². The van der Waals surface area contributed by atoms with Gasteiger partial charge in [0.05, 0.1) is 25.1 Å². The third kappa shape index (κ3) is 13.7. The number of nitrogens with one attached hydrogen (secondary N) is 1. The Labute approximate surface area is 308 Å². The zero-order valence-electron chi connectivity index (χ0n) is 31.4. The number of nitrogens with zero attached hydrogens (tertiary/aromatic N) is 4. The molecule has 1 aliphatic heterocycles. The zero-order chi connectivity index (χ0) is 37.2.